The van der Waals surface area contributed by atoms with Gasteiger partial charge in [0, 0.05) is 6.61 Å². The minimum atomic E-state index is -2.30. The quantitative estimate of drug-likeness (QED) is 0.167. The molecule has 1 saturated heterocycles. The van der Waals surface area contributed by atoms with Gasteiger partial charge in [-0.15, -0.1) is 0 Å². The Morgan fingerprint density at radius 2 is 1.23 bits per heavy atom. The van der Waals surface area contributed by atoms with Crippen molar-refractivity contribution in [3.8, 4) is 0 Å². The lowest BCUT2D eigenvalue weighted by Crippen LogP contribution is -2.67. The predicted octanol–water partition coefficient (Wildman–Crippen LogP) is 8.01. The number of hydrogen-bond donors (Lipinski definition) is 2. The smallest absolute Gasteiger partial charge is 0.193 e. The summed E-state index contributed by atoms with van der Waals surface area (Å²) in [6, 6.07) is 0. The molecule has 0 spiro atoms. The van der Waals surface area contributed by atoms with E-state index in [2.05, 4.69) is 130 Å². The molecule has 0 aromatic heterocycles. The Labute approximate surface area is 257 Å². The molecule has 1 aliphatic rings. The Bertz CT molecular complexity index is 798. The van der Waals surface area contributed by atoms with Gasteiger partial charge in [-0.25, -0.2) is 0 Å². The standard InChI is InChI=1S/C29H61IO6Si3/c1-27(2,3)37(10,11)34-22(18-19-30)24-26(36-39(14,15)29(7,8)9)25(35-38(12,13)28(4,5)6)23(32)21(33-24)17-16-20-31/h18-19,21-26,31-32H,16-17,20H2,1-15H3/b19-18+/t21-,22?,23?,24-,25?,26?/m0/s1. The number of hydrogen-bond acceptors (Lipinski definition) is 6. The van der Waals surface area contributed by atoms with Crippen LogP contribution in [0.4, 0.5) is 0 Å². The Balaban J connectivity index is 3.81. The van der Waals surface area contributed by atoms with Crippen molar-refractivity contribution in [2.24, 2.45) is 0 Å². The second-order valence-electron chi connectivity index (χ2n) is 15.8. The first kappa shape index (κ1) is 37.9. The Kier molecular flexibility index (Phi) is 13.3. The zero-order chi connectivity index (χ0) is 30.8. The van der Waals surface area contributed by atoms with Gasteiger partial charge in [0.15, 0.2) is 25.0 Å². The molecule has 0 amide bonds. The summed E-state index contributed by atoms with van der Waals surface area (Å²) in [6.45, 7) is 33.6. The van der Waals surface area contributed by atoms with Crippen molar-refractivity contribution in [3.63, 3.8) is 0 Å². The molecule has 0 bridgehead atoms. The number of aliphatic hydroxyl groups excluding tert-OH is 2. The van der Waals surface area contributed by atoms with Gasteiger partial charge in [-0.05, 0) is 77.4 Å². The largest absolute Gasteiger partial charge is 0.408 e. The normalized spacial score (nSPS) is 27.3. The Hall–Kier alpha value is 0.881. The predicted molar refractivity (Wildman–Crippen MR) is 180 cm³/mol. The van der Waals surface area contributed by atoms with Crippen LogP contribution in [0.3, 0.4) is 0 Å². The average molecular weight is 717 g/mol. The lowest BCUT2D eigenvalue weighted by atomic mass is 9.90. The maximum Gasteiger partial charge on any atom is 0.193 e. The van der Waals surface area contributed by atoms with Crippen LogP contribution in [-0.2, 0) is 18.0 Å². The van der Waals surface area contributed by atoms with E-state index >= 15 is 0 Å². The van der Waals surface area contributed by atoms with Gasteiger partial charge in [-0.3, -0.25) is 0 Å². The molecule has 6 nitrogen and oxygen atoms in total. The van der Waals surface area contributed by atoms with Gasteiger partial charge in [-0.2, -0.15) is 0 Å². The van der Waals surface area contributed by atoms with Gasteiger partial charge in [0.1, 0.15) is 24.4 Å². The fourth-order valence-electron chi connectivity index (χ4n) is 3.86. The molecule has 232 valence electrons. The summed E-state index contributed by atoms with van der Waals surface area (Å²) in [5.41, 5.74) is 0. The minimum Gasteiger partial charge on any atom is -0.408 e. The van der Waals surface area contributed by atoms with Crippen molar-refractivity contribution in [3.05, 3.63) is 10.2 Å². The van der Waals surface area contributed by atoms with Crippen molar-refractivity contribution in [1.82, 2.24) is 0 Å². The maximum atomic E-state index is 11.8. The third-order valence-electron chi connectivity index (χ3n) is 9.64. The summed E-state index contributed by atoms with van der Waals surface area (Å²) in [6.07, 6.45) is -0.0492. The summed E-state index contributed by atoms with van der Waals surface area (Å²) in [4.78, 5) is 0. The van der Waals surface area contributed by atoms with Gasteiger partial charge in [0.25, 0.3) is 0 Å². The van der Waals surface area contributed by atoms with E-state index in [1.807, 2.05) is 4.08 Å². The SMILES string of the molecule is CC(C)(C)[Si](C)(C)OC1C(O[Si](C)(C)C(C)(C)C)[C@H](C(/C=C/I)O[Si](C)(C)C(C)(C)C)O[C@@H](CCCO)C1O. The fourth-order valence-corrected chi connectivity index (χ4v) is 8.12. The second-order valence-corrected chi connectivity index (χ2v) is 30.8. The van der Waals surface area contributed by atoms with Crippen molar-refractivity contribution in [2.75, 3.05) is 6.61 Å². The first-order valence-electron chi connectivity index (χ1n) is 14.6. The molecule has 0 saturated carbocycles. The first-order valence-corrected chi connectivity index (χ1v) is 24.5. The molecule has 6 atom stereocenters. The van der Waals surface area contributed by atoms with Crippen LogP contribution >= 0.6 is 22.6 Å². The van der Waals surface area contributed by atoms with Crippen LogP contribution in [-0.4, -0.2) is 78.4 Å². The molecule has 0 aromatic rings. The second kappa shape index (κ2) is 13.7. The summed E-state index contributed by atoms with van der Waals surface area (Å²) < 4.78 is 30.1. The Morgan fingerprint density at radius 1 is 0.795 bits per heavy atom. The summed E-state index contributed by atoms with van der Waals surface area (Å²) in [5, 5.41) is 21.4. The van der Waals surface area contributed by atoms with Crippen LogP contribution in [0.15, 0.2) is 10.2 Å². The molecular weight excluding hydrogens is 655 g/mol. The van der Waals surface area contributed by atoms with E-state index in [9.17, 15) is 10.2 Å². The molecule has 1 fully saturated rings. The summed E-state index contributed by atoms with van der Waals surface area (Å²) >= 11 is 2.25. The van der Waals surface area contributed by atoms with Crippen molar-refractivity contribution >= 4 is 47.5 Å². The van der Waals surface area contributed by atoms with Crippen molar-refractivity contribution in [1.29, 1.82) is 0 Å². The van der Waals surface area contributed by atoms with Gasteiger partial charge in [0.05, 0.1) is 12.2 Å². The Morgan fingerprint density at radius 3 is 1.62 bits per heavy atom. The lowest BCUT2D eigenvalue weighted by molar-refractivity contribution is -0.230. The van der Waals surface area contributed by atoms with Gasteiger partial charge in [-0.1, -0.05) is 84.9 Å². The maximum absolute atomic E-state index is 11.8. The molecule has 1 heterocycles. The number of rotatable bonds is 11. The van der Waals surface area contributed by atoms with Crippen molar-refractivity contribution < 1.29 is 28.2 Å². The van der Waals surface area contributed by atoms with Gasteiger partial charge in [0.2, 0.25) is 0 Å². The summed E-state index contributed by atoms with van der Waals surface area (Å²) in [7, 11) is -6.79. The molecule has 0 aliphatic carbocycles. The average Bonchev–Trinajstić information content (AvgIpc) is 2.72. The number of halogens is 1. The van der Waals surface area contributed by atoms with E-state index in [1.165, 1.54) is 0 Å². The van der Waals surface area contributed by atoms with Crippen LogP contribution < -0.4 is 0 Å². The zero-order valence-electron chi connectivity index (χ0n) is 27.6. The van der Waals surface area contributed by atoms with E-state index < -0.39 is 55.5 Å². The molecule has 0 radical (unpaired) electrons. The molecule has 10 heteroatoms. The van der Waals surface area contributed by atoms with Gasteiger partial charge < -0.3 is 28.2 Å². The van der Waals surface area contributed by atoms with E-state index in [4.69, 9.17) is 18.0 Å². The fraction of sp³-hybridized carbons (Fsp3) is 0.931. The molecule has 1 aliphatic heterocycles. The zero-order valence-corrected chi connectivity index (χ0v) is 32.8. The van der Waals surface area contributed by atoms with Crippen molar-refractivity contribution in [2.45, 2.75) is 166 Å². The number of ether oxygens (including phenoxy) is 1. The molecule has 0 aromatic carbocycles. The third kappa shape index (κ3) is 9.69. The first-order chi connectivity index (χ1) is 17.3. The highest BCUT2D eigenvalue weighted by Crippen LogP contribution is 2.45. The highest BCUT2D eigenvalue weighted by atomic mass is 127. The third-order valence-corrected chi connectivity index (χ3v) is 23.5. The van der Waals surface area contributed by atoms with Crippen LogP contribution in [0.25, 0.3) is 0 Å². The van der Waals surface area contributed by atoms with E-state index in [-0.39, 0.29) is 27.8 Å². The van der Waals surface area contributed by atoms with Crippen LogP contribution in [0.1, 0.15) is 75.2 Å². The topological polar surface area (TPSA) is 77.4 Å². The van der Waals surface area contributed by atoms with E-state index in [0.29, 0.717) is 12.8 Å². The molecular formula is C29H61IO6Si3. The summed E-state index contributed by atoms with van der Waals surface area (Å²) in [5.74, 6) is 0. The highest BCUT2D eigenvalue weighted by molar-refractivity contribution is 14.1. The molecule has 39 heavy (non-hydrogen) atoms. The van der Waals surface area contributed by atoms with E-state index in [0.717, 1.165) is 0 Å². The molecule has 2 N–H and O–H groups in total. The monoisotopic (exact) mass is 716 g/mol. The van der Waals surface area contributed by atoms with Gasteiger partial charge >= 0.3 is 0 Å². The van der Waals surface area contributed by atoms with E-state index in [1.54, 1.807) is 0 Å². The molecule has 1 rings (SSSR count). The highest BCUT2D eigenvalue weighted by Gasteiger charge is 2.55. The van der Waals surface area contributed by atoms with Crippen LogP contribution in [0.5, 0.6) is 0 Å². The minimum absolute atomic E-state index is 0.0155. The van der Waals surface area contributed by atoms with Crippen LogP contribution in [0, 0.1) is 0 Å². The lowest BCUT2D eigenvalue weighted by Gasteiger charge is -2.54. The number of aliphatic hydroxyl groups is 2. The van der Waals surface area contributed by atoms with Crippen LogP contribution in [0.2, 0.25) is 54.4 Å². The molecule has 4 unspecified atom stereocenters.